The van der Waals surface area contributed by atoms with Crippen molar-refractivity contribution in [1.29, 1.82) is 0 Å². The van der Waals surface area contributed by atoms with Crippen LogP contribution >= 0.6 is 0 Å². The lowest BCUT2D eigenvalue weighted by Gasteiger charge is -2.26. The molecule has 1 N–H and O–H groups in total. The van der Waals surface area contributed by atoms with Gasteiger partial charge in [-0.15, -0.1) is 0 Å². The summed E-state index contributed by atoms with van der Waals surface area (Å²) in [5, 5.41) is 7.08. The number of carbonyl (C=O) groups excluding carboxylic acids is 2. The van der Waals surface area contributed by atoms with Gasteiger partial charge in [-0.2, -0.15) is 5.10 Å². The Balaban J connectivity index is 1.25. The smallest absolute Gasteiger partial charge is 0.274 e. The van der Waals surface area contributed by atoms with E-state index in [1.807, 2.05) is 47.1 Å². The summed E-state index contributed by atoms with van der Waals surface area (Å²) in [6.45, 7) is 1.10. The fourth-order valence-corrected chi connectivity index (χ4v) is 4.66. The Labute approximate surface area is 189 Å². The summed E-state index contributed by atoms with van der Waals surface area (Å²) in [6.07, 6.45) is 6.20. The highest BCUT2D eigenvalue weighted by atomic mass is 16.5. The van der Waals surface area contributed by atoms with Gasteiger partial charge < -0.3 is 19.4 Å². The first-order valence-corrected chi connectivity index (χ1v) is 10.9. The second-order valence-corrected chi connectivity index (χ2v) is 8.46. The van der Waals surface area contributed by atoms with Gasteiger partial charge in [-0.3, -0.25) is 14.3 Å². The Hall–Kier alpha value is -3.98. The van der Waals surface area contributed by atoms with Crippen LogP contribution in [-0.4, -0.2) is 61.2 Å². The van der Waals surface area contributed by atoms with E-state index in [2.05, 4.69) is 15.4 Å². The molecule has 4 aromatic rings. The molecule has 0 aliphatic carbocycles. The monoisotopic (exact) mass is 442 g/mol. The molecule has 166 valence electrons. The number of rotatable bonds is 4. The average Bonchev–Trinajstić information content (AvgIpc) is 3.62. The molecular weight excluding hydrogens is 420 g/mol. The first-order valence-electron chi connectivity index (χ1n) is 10.9. The van der Waals surface area contributed by atoms with Crippen molar-refractivity contribution >= 4 is 23.1 Å². The predicted molar refractivity (Wildman–Crippen MR) is 121 cm³/mol. The molecule has 0 saturated carbocycles. The van der Waals surface area contributed by atoms with Crippen molar-refractivity contribution in [2.45, 2.75) is 18.6 Å². The van der Waals surface area contributed by atoms with E-state index in [-0.39, 0.29) is 23.7 Å². The topological polar surface area (TPSA) is 93.8 Å². The molecular formula is C24H22N6O3. The van der Waals surface area contributed by atoms with Gasteiger partial charge in [0.05, 0.1) is 36.2 Å². The van der Waals surface area contributed by atoms with Gasteiger partial charge in [-0.25, -0.2) is 4.98 Å². The largest absolute Gasteiger partial charge is 0.374 e. The van der Waals surface area contributed by atoms with E-state index in [1.54, 1.807) is 24.1 Å². The predicted octanol–water partition coefficient (Wildman–Crippen LogP) is 2.60. The lowest BCUT2D eigenvalue weighted by molar-refractivity contribution is 0.0258. The minimum Gasteiger partial charge on any atom is -0.374 e. The standard InChI is InChI=1S/C24H22N6O3/c1-28-22(19(11-25-28)24(32)30-12-18-10-17(30)14-33-18)23(31)26-16-7-8-29-13-20(27-21(29)9-16)15-5-3-2-4-6-15/h2-9,11,13,17-18H,10,12,14H2,1H3,(H,26,31)/t17-,18+/m1/s1. The summed E-state index contributed by atoms with van der Waals surface area (Å²) in [4.78, 5) is 32.8. The Morgan fingerprint density at radius 3 is 2.79 bits per heavy atom. The van der Waals surface area contributed by atoms with Crippen molar-refractivity contribution < 1.29 is 14.3 Å². The summed E-state index contributed by atoms with van der Waals surface area (Å²) < 4.78 is 8.94. The second-order valence-electron chi connectivity index (χ2n) is 8.46. The minimum atomic E-state index is -0.391. The van der Waals surface area contributed by atoms with Crippen molar-refractivity contribution in [2.24, 2.45) is 7.05 Å². The number of aryl methyl sites for hydroxylation is 1. The van der Waals surface area contributed by atoms with Crippen LogP contribution in [0.2, 0.25) is 0 Å². The number of carbonyl (C=O) groups is 2. The van der Waals surface area contributed by atoms with Crippen LogP contribution in [0.3, 0.4) is 0 Å². The minimum absolute atomic E-state index is 0.0697. The number of anilines is 1. The van der Waals surface area contributed by atoms with Gasteiger partial charge in [0.1, 0.15) is 11.3 Å². The van der Waals surface area contributed by atoms with E-state index in [0.717, 1.165) is 17.7 Å². The Kier molecular flexibility index (Phi) is 4.51. The van der Waals surface area contributed by atoms with Gasteiger partial charge in [0.2, 0.25) is 0 Å². The summed E-state index contributed by atoms with van der Waals surface area (Å²) in [5.74, 6) is -0.571. The lowest BCUT2D eigenvalue weighted by atomic mass is 10.2. The number of benzene rings is 1. The Bertz CT molecular complexity index is 1380. The van der Waals surface area contributed by atoms with E-state index in [9.17, 15) is 9.59 Å². The van der Waals surface area contributed by atoms with E-state index < -0.39 is 5.91 Å². The summed E-state index contributed by atoms with van der Waals surface area (Å²) in [7, 11) is 1.66. The number of fused-ring (bicyclic) bond motifs is 3. The van der Waals surface area contributed by atoms with Crippen LogP contribution in [-0.2, 0) is 11.8 Å². The molecule has 0 unspecified atom stereocenters. The second kappa shape index (κ2) is 7.56. The molecule has 2 aliphatic heterocycles. The van der Waals surface area contributed by atoms with Crippen molar-refractivity contribution in [3.05, 3.63) is 72.3 Å². The summed E-state index contributed by atoms with van der Waals surface area (Å²) in [5.41, 5.74) is 3.70. The van der Waals surface area contributed by atoms with Crippen molar-refractivity contribution in [2.75, 3.05) is 18.5 Å². The maximum Gasteiger partial charge on any atom is 0.274 e. The average molecular weight is 442 g/mol. The van der Waals surface area contributed by atoms with E-state index >= 15 is 0 Å². The van der Waals surface area contributed by atoms with Gasteiger partial charge in [-0.1, -0.05) is 30.3 Å². The SMILES string of the molecule is Cn1ncc(C(=O)N2C[C@@H]3C[C@@H]2CO3)c1C(=O)Nc1ccn2cc(-c3ccccc3)nc2c1. The normalized spacial score (nSPS) is 19.4. The quantitative estimate of drug-likeness (QED) is 0.524. The highest BCUT2D eigenvalue weighted by Gasteiger charge is 2.42. The number of hydrogen-bond donors (Lipinski definition) is 1. The summed E-state index contributed by atoms with van der Waals surface area (Å²) in [6, 6.07) is 13.6. The molecule has 6 rings (SSSR count). The Morgan fingerprint density at radius 1 is 1.18 bits per heavy atom. The number of ether oxygens (including phenoxy) is 1. The molecule has 3 aromatic heterocycles. The molecule has 5 heterocycles. The fraction of sp³-hybridized carbons (Fsp3) is 0.250. The number of nitrogens with zero attached hydrogens (tertiary/aromatic N) is 5. The zero-order chi connectivity index (χ0) is 22.5. The van der Waals surface area contributed by atoms with Gasteiger partial charge in [0.15, 0.2) is 0 Å². The Morgan fingerprint density at radius 2 is 2.03 bits per heavy atom. The number of amides is 2. The van der Waals surface area contributed by atoms with Crippen LogP contribution in [0.5, 0.6) is 0 Å². The molecule has 2 saturated heterocycles. The molecule has 2 fully saturated rings. The van der Waals surface area contributed by atoms with Crippen molar-refractivity contribution in [3.8, 4) is 11.3 Å². The zero-order valence-corrected chi connectivity index (χ0v) is 18.0. The third kappa shape index (κ3) is 3.37. The van der Waals surface area contributed by atoms with Gasteiger partial charge in [-0.05, 0) is 12.5 Å². The maximum atomic E-state index is 13.2. The fourth-order valence-electron chi connectivity index (χ4n) is 4.66. The number of nitrogens with one attached hydrogen (secondary N) is 1. The van der Waals surface area contributed by atoms with Gasteiger partial charge in [0, 0.05) is 43.3 Å². The van der Waals surface area contributed by atoms with Crippen molar-refractivity contribution in [1.82, 2.24) is 24.1 Å². The van der Waals surface area contributed by atoms with Gasteiger partial charge >= 0.3 is 0 Å². The molecule has 2 bridgehead atoms. The number of imidazole rings is 1. The van der Waals surface area contributed by atoms with E-state index in [0.29, 0.717) is 30.0 Å². The third-order valence-electron chi connectivity index (χ3n) is 6.33. The van der Waals surface area contributed by atoms with Gasteiger partial charge in [0.25, 0.3) is 11.8 Å². The van der Waals surface area contributed by atoms with Crippen LogP contribution in [0.25, 0.3) is 16.9 Å². The van der Waals surface area contributed by atoms with E-state index in [1.165, 1.54) is 10.9 Å². The van der Waals surface area contributed by atoms with Crippen LogP contribution in [0, 0.1) is 0 Å². The number of likely N-dealkylation sites (tertiary alicyclic amines) is 1. The maximum absolute atomic E-state index is 13.2. The number of pyridine rings is 1. The highest BCUT2D eigenvalue weighted by molar-refractivity contribution is 6.11. The van der Waals surface area contributed by atoms with Crippen LogP contribution in [0.4, 0.5) is 5.69 Å². The molecule has 0 radical (unpaired) electrons. The first kappa shape index (κ1) is 19.7. The molecule has 9 heteroatoms. The molecule has 33 heavy (non-hydrogen) atoms. The molecule has 9 nitrogen and oxygen atoms in total. The van der Waals surface area contributed by atoms with Crippen molar-refractivity contribution in [3.63, 3.8) is 0 Å². The number of aromatic nitrogens is 4. The van der Waals surface area contributed by atoms with Crippen LogP contribution in [0.15, 0.2) is 61.1 Å². The molecule has 1 aromatic carbocycles. The number of morpholine rings is 1. The van der Waals surface area contributed by atoms with Crippen LogP contribution in [0.1, 0.15) is 27.3 Å². The molecule has 2 amide bonds. The lowest BCUT2D eigenvalue weighted by Crippen LogP contribution is -2.42. The molecule has 2 aliphatic rings. The summed E-state index contributed by atoms with van der Waals surface area (Å²) >= 11 is 0. The third-order valence-corrected chi connectivity index (χ3v) is 6.33. The first-order chi connectivity index (χ1) is 16.1. The molecule has 0 spiro atoms. The van der Waals surface area contributed by atoms with E-state index in [4.69, 9.17) is 4.74 Å². The van der Waals surface area contributed by atoms with Crippen LogP contribution < -0.4 is 5.32 Å². The number of hydrogen-bond acceptors (Lipinski definition) is 5. The zero-order valence-electron chi connectivity index (χ0n) is 18.0. The highest BCUT2D eigenvalue weighted by Crippen LogP contribution is 2.30. The molecule has 2 atom stereocenters.